The van der Waals surface area contributed by atoms with Gasteiger partial charge in [-0.15, -0.1) is 11.3 Å². The topological polar surface area (TPSA) is 12.9 Å². The Balaban J connectivity index is 2.68. The van der Waals surface area contributed by atoms with Crippen LogP contribution in [-0.4, -0.2) is 4.98 Å². The standard InChI is InChI=1S/C12H15NS2/c1-7(2)9-5-12-11(13-6-15-12)4-10(9)8(3)14/h4-8,14H,1-3H3. The van der Waals surface area contributed by atoms with Crippen molar-refractivity contribution in [3.63, 3.8) is 0 Å². The third-order valence-electron chi connectivity index (χ3n) is 2.61. The first-order chi connectivity index (χ1) is 7.09. The highest BCUT2D eigenvalue weighted by Crippen LogP contribution is 2.33. The second-order valence-corrected chi connectivity index (χ2v) is 5.79. The van der Waals surface area contributed by atoms with Crippen LogP contribution in [0.15, 0.2) is 17.6 Å². The van der Waals surface area contributed by atoms with Crippen molar-refractivity contribution in [3.05, 3.63) is 28.8 Å². The lowest BCUT2D eigenvalue weighted by molar-refractivity contribution is 0.845. The van der Waals surface area contributed by atoms with Crippen LogP contribution < -0.4 is 0 Å². The van der Waals surface area contributed by atoms with Crippen molar-refractivity contribution in [1.82, 2.24) is 4.98 Å². The minimum Gasteiger partial charge on any atom is -0.245 e. The molecule has 1 nitrogen and oxygen atoms in total. The van der Waals surface area contributed by atoms with Gasteiger partial charge in [0.25, 0.3) is 0 Å². The van der Waals surface area contributed by atoms with Crippen molar-refractivity contribution < 1.29 is 0 Å². The highest BCUT2D eigenvalue weighted by Gasteiger charge is 2.12. The third kappa shape index (κ3) is 2.04. The van der Waals surface area contributed by atoms with Crippen LogP contribution >= 0.6 is 24.0 Å². The smallest absolute Gasteiger partial charge is 0.0815 e. The minimum absolute atomic E-state index is 0.272. The predicted molar refractivity (Wildman–Crippen MR) is 71.1 cm³/mol. The van der Waals surface area contributed by atoms with Gasteiger partial charge in [0, 0.05) is 5.25 Å². The van der Waals surface area contributed by atoms with Gasteiger partial charge in [-0.05, 0) is 36.1 Å². The van der Waals surface area contributed by atoms with Crippen LogP contribution in [0.3, 0.4) is 0 Å². The normalized spacial score (nSPS) is 13.7. The molecule has 0 spiro atoms. The van der Waals surface area contributed by atoms with Gasteiger partial charge in [-0.2, -0.15) is 12.6 Å². The Bertz CT molecular complexity index is 429. The summed E-state index contributed by atoms with van der Waals surface area (Å²) in [5, 5.41) is 0.272. The van der Waals surface area contributed by atoms with Crippen LogP contribution in [0.2, 0.25) is 0 Å². The summed E-state index contributed by atoms with van der Waals surface area (Å²) in [6, 6.07) is 4.44. The summed E-state index contributed by atoms with van der Waals surface area (Å²) in [7, 11) is 0. The van der Waals surface area contributed by atoms with Gasteiger partial charge in [0.1, 0.15) is 0 Å². The van der Waals surface area contributed by atoms with E-state index in [9.17, 15) is 0 Å². The molecule has 0 aliphatic carbocycles. The summed E-state index contributed by atoms with van der Waals surface area (Å²) in [5.74, 6) is 0.543. The molecule has 0 N–H and O–H groups in total. The van der Waals surface area contributed by atoms with Crippen LogP contribution in [0.4, 0.5) is 0 Å². The average molecular weight is 237 g/mol. The largest absolute Gasteiger partial charge is 0.245 e. The van der Waals surface area contributed by atoms with E-state index in [0.29, 0.717) is 5.92 Å². The molecule has 3 heteroatoms. The van der Waals surface area contributed by atoms with Gasteiger partial charge in [0.15, 0.2) is 0 Å². The summed E-state index contributed by atoms with van der Waals surface area (Å²) in [5.41, 5.74) is 5.71. The van der Waals surface area contributed by atoms with Crippen LogP contribution in [0.5, 0.6) is 0 Å². The quantitative estimate of drug-likeness (QED) is 0.763. The summed E-state index contributed by atoms with van der Waals surface area (Å²) >= 11 is 6.24. The molecule has 1 heterocycles. The van der Waals surface area contributed by atoms with E-state index in [2.05, 4.69) is 50.5 Å². The van der Waals surface area contributed by atoms with E-state index in [1.54, 1.807) is 11.3 Å². The van der Waals surface area contributed by atoms with E-state index in [0.717, 1.165) is 5.52 Å². The molecule has 0 aliphatic rings. The molecular formula is C12H15NS2. The molecule has 0 bridgehead atoms. The first-order valence-corrected chi connectivity index (χ1v) is 6.54. The molecule has 0 saturated carbocycles. The number of nitrogens with zero attached hydrogens (tertiary/aromatic N) is 1. The van der Waals surface area contributed by atoms with E-state index in [1.165, 1.54) is 15.8 Å². The van der Waals surface area contributed by atoms with Crippen molar-refractivity contribution in [2.24, 2.45) is 0 Å². The first-order valence-electron chi connectivity index (χ1n) is 5.14. The number of rotatable bonds is 2. The van der Waals surface area contributed by atoms with Gasteiger partial charge in [-0.1, -0.05) is 13.8 Å². The molecule has 0 fully saturated rings. The molecule has 0 radical (unpaired) electrons. The number of thiazole rings is 1. The van der Waals surface area contributed by atoms with E-state index in [1.807, 2.05) is 5.51 Å². The van der Waals surface area contributed by atoms with E-state index in [-0.39, 0.29) is 5.25 Å². The molecule has 0 aliphatic heterocycles. The molecule has 80 valence electrons. The maximum Gasteiger partial charge on any atom is 0.0815 e. The van der Waals surface area contributed by atoms with E-state index < -0.39 is 0 Å². The summed E-state index contributed by atoms with van der Waals surface area (Å²) in [4.78, 5) is 4.35. The van der Waals surface area contributed by atoms with Gasteiger partial charge in [-0.25, -0.2) is 4.98 Å². The lowest BCUT2D eigenvalue weighted by Crippen LogP contribution is -1.96. The number of fused-ring (bicyclic) bond motifs is 1. The Hall–Kier alpha value is -0.540. The Morgan fingerprint density at radius 2 is 1.93 bits per heavy atom. The molecule has 1 atom stereocenters. The summed E-state index contributed by atoms with van der Waals surface area (Å²) in [6.07, 6.45) is 0. The zero-order valence-electron chi connectivity index (χ0n) is 9.19. The Morgan fingerprint density at radius 1 is 1.20 bits per heavy atom. The average Bonchev–Trinajstić information content (AvgIpc) is 2.61. The lowest BCUT2D eigenvalue weighted by Gasteiger charge is -2.15. The zero-order chi connectivity index (χ0) is 11.0. The van der Waals surface area contributed by atoms with Crippen molar-refractivity contribution in [2.75, 3.05) is 0 Å². The number of aromatic nitrogens is 1. The number of hydrogen-bond acceptors (Lipinski definition) is 3. The van der Waals surface area contributed by atoms with Crippen LogP contribution in [-0.2, 0) is 0 Å². The molecule has 1 aromatic heterocycles. The molecule has 2 aromatic rings. The highest BCUT2D eigenvalue weighted by atomic mass is 32.1. The molecule has 2 rings (SSSR count). The predicted octanol–water partition coefficient (Wildman–Crippen LogP) is 4.41. The fourth-order valence-electron chi connectivity index (χ4n) is 1.80. The SMILES string of the molecule is CC(C)c1cc2scnc2cc1C(C)S. The van der Waals surface area contributed by atoms with Crippen molar-refractivity contribution in [2.45, 2.75) is 31.9 Å². The summed E-state index contributed by atoms with van der Waals surface area (Å²) < 4.78 is 1.27. The molecule has 1 aromatic carbocycles. The second kappa shape index (κ2) is 4.14. The Labute approximate surface area is 100.0 Å². The number of hydrogen-bond donors (Lipinski definition) is 1. The van der Waals surface area contributed by atoms with Crippen LogP contribution in [0.25, 0.3) is 10.2 Å². The van der Waals surface area contributed by atoms with Crippen LogP contribution in [0.1, 0.15) is 43.1 Å². The molecule has 0 amide bonds. The second-order valence-electron chi connectivity index (χ2n) is 4.13. The number of thiol groups is 1. The molecule has 0 saturated heterocycles. The zero-order valence-corrected chi connectivity index (χ0v) is 10.9. The van der Waals surface area contributed by atoms with Crippen LogP contribution in [0, 0.1) is 0 Å². The summed E-state index contributed by atoms with van der Waals surface area (Å²) in [6.45, 7) is 6.56. The lowest BCUT2D eigenvalue weighted by atomic mass is 9.95. The number of benzene rings is 1. The molecule has 1 unspecified atom stereocenters. The van der Waals surface area contributed by atoms with Gasteiger partial charge < -0.3 is 0 Å². The van der Waals surface area contributed by atoms with Gasteiger partial charge in [0.05, 0.1) is 15.7 Å². The van der Waals surface area contributed by atoms with E-state index in [4.69, 9.17) is 0 Å². The fourth-order valence-corrected chi connectivity index (χ4v) is 2.73. The maximum absolute atomic E-state index is 4.53. The van der Waals surface area contributed by atoms with Crippen molar-refractivity contribution >= 4 is 34.2 Å². The third-order valence-corrected chi connectivity index (χ3v) is 3.68. The Morgan fingerprint density at radius 3 is 2.53 bits per heavy atom. The molecule has 15 heavy (non-hydrogen) atoms. The first kappa shape index (κ1) is 11.0. The van der Waals surface area contributed by atoms with Crippen molar-refractivity contribution in [1.29, 1.82) is 0 Å². The van der Waals surface area contributed by atoms with Crippen molar-refractivity contribution in [3.8, 4) is 0 Å². The van der Waals surface area contributed by atoms with Gasteiger partial charge >= 0.3 is 0 Å². The fraction of sp³-hybridized carbons (Fsp3) is 0.417. The van der Waals surface area contributed by atoms with E-state index >= 15 is 0 Å². The van der Waals surface area contributed by atoms with Gasteiger partial charge in [-0.3, -0.25) is 0 Å². The Kier molecular flexibility index (Phi) is 3.03. The van der Waals surface area contributed by atoms with Gasteiger partial charge in [0.2, 0.25) is 0 Å². The highest BCUT2D eigenvalue weighted by molar-refractivity contribution is 7.80. The minimum atomic E-state index is 0.272. The monoisotopic (exact) mass is 237 g/mol. The maximum atomic E-state index is 4.53. The molecular weight excluding hydrogens is 222 g/mol.